The van der Waals surface area contributed by atoms with E-state index in [1.165, 1.54) is 0 Å². The van der Waals surface area contributed by atoms with E-state index in [0.717, 1.165) is 54.3 Å². The van der Waals surface area contributed by atoms with E-state index in [1.807, 2.05) is 30.3 Å². The van der Waals surface area contributed by atoms with Crippen LogP contribution < -0.4 is 15.0 Å². The second kappa shape index (κ2) is 11.8. The molecule has 2 aromatic carbocycles. The molecule has 1 aliphatic rings. The predicted molar refractivity (Wildman–Crippen MR) is 140 cm³/mol. The Morgan fingerprint density at radius 3 is 2.60 bits per heavy atom. The van der Waals surface area contributed by atoms with E-state index in [-0.39, 0.29) is 6.61 Å². The molecule has 1 atom stereocenters. The average molecular weight is 497 g/mol. The molecule has 35 heavy (non-hydrogen) atoms. The van der Waals surface area contributed by atoms with Gasteiger partial charge in [0, 0.05) is 54.6 Å². The molecular weight excluding hydrogens is 464 g/mol. The van der Waals surface area contributed by atoms with Gasteiger partial charge in [0.25, 0.3) is 0 Å². The Balaban J connectivity index is 1.75. The molecule has 1 fully saturated rings. The molecule has 1 unspecified atom stereocenters. The van der Waals surface area contributed by atoms with Crippen molar-refractivity contribution in [2.75, 3.05) is 45.4 Å². The second-order valence-electron chi connectivity index (χ2n) is 8.86. The van der Waals surface area contributed by atoms with Gasteiger partial charge in [0.2, 0.25) is 0 Å². The summed E-state index contributed by atoms with van der Waals surface area (Å²) in [6.07, 6.45) is 1.29. The van der Waals surface area contributed by atoms with Crippen molar-refractivity contribution in [2.45, 2.75) is 31.9 Å². The van der Waals surface area contributed by atoms with E-state index in [4.69, 9.17) is 31.0 Å². The van der Waals surface area contributed by atoms with Crippen LogP contribution in [0.2, 0.25) is 5.02 Å². The summed E-state index contributed by atoms with van der Waals surface area (Å²) in [4.78, 5) is 12.2. The monoisotopic (exact) mass is 496 g/mol. The molecule has 1 saturated heterocycles. The molecule has 0 spiro atoms. The maximum Gasteiger partial charge on any atom is 0.162 e. The van der Waals surface area contributed by atoms with Crippen molar-refractivity contribution in [3.63, 3.8) is 0 Å². The van der Waals surface area contributed by atoms with Crippen LogP contribution in [0.1, 0.15) is 18.4 Å². The zero-order valence-corrected chi connectivity index (χ0v) is 21.3. The quantitative estimate of drug-likeness (QED) is 0.456. The van der Waals surface area contributed by atoms with E-state index < -0.39 is 6.10 Å². The zero-order valence-electron chi connectivity index (χ0n) is 20.5. The van der Waals surface area contributed by atoms with E-state index in [9.17, 15) is 5.11 Å². The Kier molecular flexibility index (Phi) is 8.57. The van der Waals surface area contributed by atoms with Gasteiger partial charge in [-0.2, -0.15) is 0 Å². The Morgan fingerprint density at radius 2 is 1.89 bits per heavy atom. The third kappa shape index (κ3) is 6.30. The summed E-state index contributed by atoms with van der Waals surface area (Å²) in [5.74, 6) is 2.03. The first-order chi connectivity index (χ1) is 17.0. The molecule has 2 N–H and O–H groups in total. The number of likely N-dealkylation sites (N-methyl/N-ethyl adjacent to an activating group) is 1. The smallest absolute Gasteiger partial charge is 0.162 e. The standard InChI is InChI=1S/C27H33ClN4O3/c1-18-25(19-7-5-4-6-8-19)30-26(31-27(18)32(3)22-9-11-34-12-10-22)20-13-21(28)15-24(14-20)35-17-23(33)16-29-2/h4-8,13-15,22-23,29,33H,9-12,16-17H2,1-3H3. The van der Waals surface area contributed by atoms with Gasteiger partial charge < -0.3 is 24.8 Å². The highest BCUT2D eigenvalue weighted by Crippen LogP contribution is 2.34. The highest BCUT2D eigenvalue weighted by atomic mass is 35.5. The molecule has 8 heteroatoms. The molecule has 3 aromatic rings. The number of aliphatic hydroxyl groups is 1. The number of aromatic nitrogens is 2. The van der Waals surface area contributed by atoms with Crippen LogP contribution in [0.4, 0.5) is 5.82 Å². The second-order valence-corrected chi connectivity index (χ2v) is 9.30. The van der Waals surface area contributed by atoms with Gasteiger partial charge in [0.15, 0.2) is 5.82 Å². The number of rotatable bonds is 9. The minimum atomic E-state index is -0.623. The summed E-state index contributed by atoms with van der Waals surface area (Å²) >= 11 is 6.45. The van der Waals surface area contributed by atoms with Gasteiger partial charge in [-0.15, -0.1) is 0 Å². The van der Waals surface area contributed by atoms with Gasteiger partial charge in [-0.1, -0.05) is 41.9 Å². The molecule has 0 bridgehead atoms. The fourth-order valence-corrected chi connectivity index (χ4v) is 4.59. The Morgan fingerprint density at radius 1 is 1.14 bits per heavy atom. The van der Waals surface area contributed by atoms with Crippen LogP contribution in [0.3, 0.4) is 0 Å². The lowest BCUT2D eigenvalue weighted by molar-refractivity contribution is 0.0853. The minimum absolute atomic E-state index is 0.155. The van der Waals surface area contributed by atoms with E-state index in [2.05, 4.69) is 36.3 Å². The molecule has 7 nitrogen and oxygen atoms in total. The van der Waals surface area contributed by atoms with E-state index in [0.29, 0.717) is 29.2 Å². The first-order valence-corrected chi connectivity index (χ1v) is 12.3. The van der Waals surface area contributed by atoms with Crippen molar-refractivity contribution >= 4 is 17.4 Å². The van der Waals surface area contributed by atoms with Crippen LogP contribution in [0.25, 0.3) is 22.6 Å². The van der Waals surface area contributed by atoms with Crippen LogP contribution in [-0.2, 0) is 4.74 Å². The van der Waals surface area contributed by atoms with Crippen LogP contribution in [0.15, 0.2) is 48.5 Å². The maximum absolute atomic E-state index is 10.0. The third-order valence-electron chi connectivity index (χ3n) is 6.25. The highest BCUT2D eigenvalue weighted by molar-refractivity contribution is 6.31. The SMILES string of the molecule is CNCC(O)COc1cc(Cl)cc(-c2nc(-c3ccccc3)c(C)c(N(C)C3CCOCC3)n2)c1. The average Bonchev–Trinajstić information content (AvgIpc) is 2.88. The molecular formula is C27H33ClN4O3. The van der Waals surface area contributed by atoms with Gasteiger partial charge in [-0.25, -0.2) is 9.97 Å². The van der Waals surface area contributed by atoms with Gasteiger partial charge in [0.1, 0.15) is 24.3 Å². The number of ether oxygens (including phenoxy) is 2. The van der Waals surface area contributed by atoms with Crippen LogP contribution >= 0.6 is 11.6 Å². The molecule has 0 saturated carbocycles. The van der Waals surface area contributed by atoms with Gasteiger partial charge >= 0.3 is 0 Å². The predicted octanol–water partition coefficient (Wildman–Crippen LogP) is 4.35. The van der Waals surface area contributed by atoms with Crippen LogP contribution in [-0.4, -0.2) is 67.7 Å². The van der Waals surface area contributed by atoms with Crippen molar-refractivity contribution in [1.29, 1.82) is 0 Å². The molecule has 0 radical (unpaired) electrons. The minimum Gasteiger partial charge on any atom is -0.491 e. The molecule has 2 heterocycles. The van der Waals surface area contributed by atoms with Gasteiger partial charge in [0.05, 0.1) is 5.69 Å². The molecule has 1 aliphatic heterocycles. The summed E-state index contributed by atoms with van der Waals surface area (Å²) in [5.41, 5.74) is 3.71. The van der Waals surface area contributed by atoms with E-state index in [1.54, 1.807) is 13.1 Å². The Bertz CT molecular complexity index is 1120. The molecule has 186 valence electrons. The van der Waals surface area contributed by atoms with Gasteiger partial charge in [-0.3, -0.25) is 0 Å². The number of hydrogen-bond acceptors (Lipinski definition) is 7. The number of anilines is 1. The fourth-order valence-electron chi connectivity index (χ4n) is 4.36. The lowest BCUT2D eigenvalue weighted by atomic mass is 10.0. The summed E-state index contributed by atoms with van der Waals surface area (Å²) in [5, 5.41) is 13.5. The Hall–Kier alpha value is -2.71. The fraction of sp³-hybridized carbons (Fsp3) is 0.407. The number of hydrogen-bond donors (Lipinski definition) is 2. The molecule has 4 rings (SSSR count). The lowest BCUT2D eigenvalue weighted by Crippen LogP contribution is -2.37. The summed E-state index contributed by atoms with van der Waals surface area (Å²) in [6.45, 7) is 4.18. The topological polar surface area (TPSA) is 79.7 Å². The normalized spacial score (nSPS) is 15.1. The Labute approximate surface area is 212 Å². The van der Waals surface area contributed by atoms with Crippen LogP contribution in [0.5, 0.6) is 5.75 Å². The summed E-state index contributed by atoms with van der Waals surface area (Å²) < 4.78 is 11.4. The van der Waals surface area contributed by atoms with E-state index >= 15 is 0 Å². The number of benzene rings is 2. The largest absolute Gasteiger partial charge is 0.491 e. The van der Waals surface area contributed by atoms with Crippen molar-refractivity contribution < 1.29 is 14.6 Å². The maximum atomic E-state index is 10.0. The first-order valence-electron chi connectivity index (χ1n) is 12.0. The number of nitrogens with one attached hydrogen (secondary N) is 1. The molecule has 0 aliphatic carbocycles. The van der Waals surface area contributed by atoms with Crippen molar-refractivity contribution in [2.24, 2.45) is 0 Å². The zero-order chi connectivity index (χ0) is 24.8. The van der Waals surface area contributed by atoms with Crippen molar-refractivity contribution in [1.82, 2.24) is 15.3 Å². The van der Waals surface area contributed by atoms with Crippen LogP contribution in [0, 0.1) is 6.92 Å². The first kappa shape index (κ1) is 25.4. The number of halogens is 1. The summed E-state index contributed by atoms with van der Waals surface area (Å²) in [7, 11) is 3.88. The highest BCUT2D eigenvalue weighted by Gasteiger charge is 2.24. The lowest BCUT2D eigenvalue weighted by Gasteiger charge is -2.33. The van der Waals surface area contributed by atoms with Crippen molar-refractivity contribution in [3.05, 3.63) is 59.1 Å². The molecule has 0 amide bonds. The summed E-state index contributed by atoms with van der Waals surface area (Å²) in [6, 6.07) is 15.9. The number of aliphatic hydroxyl groups excluding tert-OH is 1. The van der Waals surface area contributed by atoms with Crippen molar-refractivity contribution in [3.8, 4) is 28.4 Å². The molecule has 1 aromatic heterocycles. The van der Waals surface area contributed by atoms with Gasteiger partial charge in [-0.05, 0) is 45.0 Å². The number of nitrogens with zero attached hydrogens (tertiary/aromatic N) is 3. The third-order valence-corrected chi connectivity index (χ3v) is 6.47.